The molecule has 2 aliphatic rings. The molecule has 0 radical (unpaired) electrons. The fourth-order valence-corrected chi connectivity index (χ4v) is 2.51. The van der Waals surface area contributed by atoms with E-state index in [9.17, 15) is 0 Å². The Kier molecular flexibility index (Phi) is 3.17. The molecule has 17 heavy (non-hydrogen) atoms. The van der Waals surface area contributed by atoms with E-state index in [2.05, 4.69) is 29.6 Å². The maximum atomic E-state index is 5.13. The molecule has 1 aromatic carbocycles. The van der Waals surface area contributed by atoms with Crippen LogP contribution in [0.25, 0.3) is 0 Å². The van der Waals surface area contributed by atoms with Gasteiger partial charge in [0.2, 0.25) is 0 Å². The Morgan fingerprint density at radius 1 is 1.24 bits per heavy atom. The molecule has 2 unspecified atom stereocenters. The Morgan fingerprint density at radius 2 is 2.00 bits per heavy atom. The second kappa shape index (κ2) is 4.79. The summed E-state index contributed by atoms with van der Waals surface area (Å²) in [7, 11) is 1.74. The zero-order valence-electron chi connectivity index (χ0n) is 10.5. The summed E-state index contributed by atoms with van der Waals surface area (Å²) < 4.78 is 5.13. The lowest BCUT2D eigenvalue weighted by atomic mass is 10.1. The van der Waals surface area contributed by atoms with Crippen LogP contribution in [0.3, 0.4) is 0 Å². The molecule has 1 aromatic rings. The quantitative estimate of drug-likeness (QED) is 0.812. The number of methoxy groups -OCH3 is 1. The van der Waals surface area contributed by atoms with Crippen molar-refractivity contribution in [1.82, 2.24) is 5.32 Å². The van der Waals surface area contributed by atoms with Crippen molar-refractivity contribution in [3.63, 3.8) is 0 Å². The molecule has 0 bridgehead atoms. The van der Waals surface area contributed by atoms with Gasteiger partial charge in [-0.3, -0.25) is 0 Å². The van der Waals surface area contributed by atoms with E-state index >= 15 is 0 Å². The number of benzene rings is 1. The van der Waals surface area contributed by atoms with Crippen molar-refractivity contribution in [1.29, 1.82) is 0 Å². The number of ether oxygens (including phenoxy) is 1. The van der Waals surface area contributed by atoms with Crippen molar-refractivity contribution >= 4 is 0 Å². The van der Waals surface area contributed by atoms with Gasteiger partial charge in [-0.25, -0.2) is 0 Å². The van der Waals surface area contributed by atoms with E-state index in [1.54, 1.807) is 7.11 Å². The Labute approximate surface area is 103 Å². The molecular formula is C15H21NO. The number of nitrogens with one attached hydrogen (secondary N) is 1. The summed E-state index contributed by atoms with van der Waals surface area (Å²) in [4.78, 5) is 0. The molecule has 0 spiro atoms. The van der Waals surface area contributed by atoms with E-state index in [0.717, 1.165) is 24.5 Å². The maximum Gasteiger partial charge on any atom is 0.0713 e. The van der Waals surface area contributed by atoms with Crippen LogP contribution in [0, 0.1) is 5.92 Å². The van der Waals surface area contributed by atoms with Gasteiger partial charge in [-0.15, -0.1) is 0 Å². The van der Waals surface area contributed by atoms with Gasteiger partial charge in [0.15, 0.2) is 0 Å². The van der Waals surface area contributed by atoms with Gasteiger partial charge >= 0.3 is 0 Å². The lowest BCUT2D eigenvalue weighted by Gasteiger charge is -2.04. The van der Waals surface area contributed by atoms with Crippen molar-refractivity contribution in [3.8, 4) is 0 Å². The Bertz CT molecular complexity index is 369. The summed E-state index contributed by atoms with van der Waals surface area (Å²) in [5.74, 6) is 1.68. The molecule has 2 fully saturated rings. The first-order chi connectivity index (χ1) is 8.36. The molecule has 1 N–H and O–H groups in total. The Hall–Kier alpha value is -0.860. The Balaban J connectivity index is 1.50. The molecule has 3 rings (SSSR count). The lowest BCUT2D eigenvalue weighted by Crippen LogP contribution is -2.19. The van der Waals surface area contributed by atoms with E-state index < -0.39 is 0 Å². The third kappa shape index (κ3) is 2.88. The van der Waals surface area contributed by atoms with Crippen LogP contribution < -0.4 is 5.32 Å². The van der Waals surface area contributed by atoms with Gasteiger partial charge in [0, 0.05) is 13.2 Å². The van der Waals surface area contributed by atoms with Crippen LogP contribution in [-0.4, -0.2) is 19.7 Å². The third-order valence-electron chi connectivity index (χ3n) is 3.89. The predicted octanol–water partition coefficient (Wildman–Crippen LogP) is 2.69. The van der Waals surface area contributed by atoms with Gasteiger partial charge in [-0.05, 0) is 48.8 Å². The van der Waals surface area contributed by atoms with Crippen molar-refractivity contribution in [3.05, 3.63) is 35.4 Å². The van der Waals surface area contributed by atoms with Crippen LogP contribution in [0.5, 0.6) is 0 Å². The van der Waals surface area contributed by atoms with Crippen LogP contribution >= 0.6 is 0 Å². The SMILES string of the molecule is COCc1ccc(C2CC2CNC2CC2)cc1. The van der Waals surface area contributed by atoms with Crippen LogP contribution in [0.2, 0.25) is 0 Å². The minimum absolute atomic E-state index is 0.720. The topological polar surface area (TPSA) is 21.3 Å². The summed E-state index contributed by atoms with van der Waals surface area (Å²) in [5, 5.41) is 3.63. The second-order valence-electron chi connectivity index (χ2n) is 5.46. The van der Waals surface area contributed by atoms with Crippen molar-refractivity contribution < 1.29 is 4.74 Å². The lowest BCUT2D eigenvalue weighted by molar-refractivity contribution is 0.185. The molecule has 2 heteroatoms. The molecule has 0 aromatic heterocycles. The summed E-state index contributed by atoms with van der Waals surface area (Å²) in [6, 6.07) is 9.79. The average molecular weight is 231 g/mol. The molecular weight excluding hydrogens is 210 g/mol. The zero-order chi connectivity index (χ0) is 11.7. The maximum absolute atomic E-state index is 5.13. The average Bonchev–Trinajstić information content (AvgIpc) is 3.23. The molecule has 2 aliphatic carbocycles. The Morgan fingerprint density at radius 3 is 2.65 bits per heavy atom. The first-order valence-corrected chi connectivity index (χ1v) is 6.68. The highest BCUT2D eigenvalue weighted by Crippen LogP contribution is 2.47. The number of hydrogen-bond donors (Lipinski definition) is 1. The van der Waals surface area contributed by atoms with Crippen LogP contribution in [0.4, 0.5) is 0 Å². The normalized spacial score (nSPS) is 27.1. The van der Waals surface area contributed by atoms with Gasteiger partial charge in [0.25, 0.3) is 0 Å². The number of rotatable bonds is 6. The first kappa shape index (κ1) is 11.2. The molecule has 2 nitrogen and oxygen atoms in total. The van der Waals surface area contributed by atoms with Crippen LogP contribution in [0.15, 0.2) is 24.3 Å². The fourth-order valence-electron chi connectivity index (χ4n) is 2.51. The summed E-state index contributed by atoms with van der Waals surface area (Å²) >= 11 is 0. The molecule has 92 valence electrons. The summed E-state index contributed by atoms with van der Waals surface area (Å²) in [6.07, 6.45) is 4.15. The van der Waals surface area contributed by atoms with Gasteiger partial charge in [-0.1, -0.05) is 24.3 Å². The van der Waals surface area contributed by atoms with Gasteiger partial charge < -0.3 is 10.1 Å². The smallest absolute Gasteiger partial charge is 0.0713 e. The molecule has 0 amide bonds. The fraction of sp³-hybridized carbons (Fsp3) is 0.600. The minimum Gasteiger partial charge on any atom is -0.380 e. The van der Waals surface area contributed by atoms with Crippen LogP contribution in [-0.2, 0) is 11.3 Å². The molecule has 0 aliphatic heterocycles. The van der Waals surface area contributed by atoms with E-state index in [-0.39, 0.29) is 0 Å². The number of hydrogen-bond acceptors (Lipinski definition) is 2. The summed E-state index contributed by atoms with van der Waals surface area (Å²) in [5.41, 5.74) is 2.78. The summed E-state index contributed by atoms with van der Waals surface area (Å²) in [6.45, 7) is 1.94. The minimum atomic E-state index is 0.720. The molecule has 0 heterocycles. The predicted molar refractivity (Wildman–Crippen MR) is 69.0 cm³/mol. The standard InChI is InChI=1S/C15H21NO/c1-17-10-11-2-4-12(5-3-11)15-8-13(15)9-16-14-6-7-14/h2-5,13-16H,6-10H2,1H3. The third-order valence-corrected chi connectivity index (χ3v) is 3.89. The molecule has 2 saturated carbocycles. The highest BCUT2D eigenvalue weighted by Gasteiger charge is 2.38. The second-order valence-corrected chi connectivity index (χ2v) is 5.46. The monoisotopic (exact) mass is 231 g/mol. The van der Waals surface area contributed by atoms with Gasteiger partial charge in [0.05, 0.1) is 6.61 Å². The van der Waals surface area contributed by atoms with E-state index in [0.29, 0.717) is 0 Å². The van der Waals surface area contributed by atoms with Crippen molar-refractivity contribution in [2.75, 3.05) is 13.7 Å². The van der Waals surface area contributed by atoms with E-state index in [1.807, 2.05) is 0 Å². The zero-order valence-corrected chi connectivity index (χ0v) is 10.5. The van der Waals surface area contributed by atoms with E-state index in [4.69, 9.17) is 4.74 Å². The van der Waals surface area contributed by atoms with Crippen LogP contribution in [0.1, 0.15) is 36.3 Å². The van der Waals surface area contributed by atoms with Crippen molar-refractivity contribution in [2.24, 2.45) is 5.92 Å². The molecule has 0 saturated heterocycles. The molecule has 2 atom stereocenters. The highest BCUT2D eigenvalue weighted by molar-refractivity contribution is 5.29. The van der Waals surface area contributed by atoms with Gasteiger partial charge in [-0.2, -0.15) is 0 Å². The largest absolute Gasteiger partial charge is 0.380 e. The van der Waals surface area contributed by atoms with Crippen molar-refractivity contribution in [2.45, 2.75) is 37.8 Å². The van der Waals surface area contributed by atoms with E-state index in [1.165, 1.54) is 36.9 Å². The highest BCUT2D eigenvalue weighted by atomic mass is 16.5. The van der Waals surface area contributed by atoms with Gasteiger partial charge in [0.1, 0.15) is 0 Å². The first-order valence-electron chi connectivity index (χ1n) is 6.68.